The maximum absolute atomic E-state index is 13.5. The lowest BCUT2D eigenvalue weighted by molar-refractivity contribution is -0.117. The third kappa shape index (κ3) is 4.16. The van der Waals surface area contributed by atoms with Crippen LogP contribution in [0.3, 0.4) is 0 Å². The predicted octanol–water partition coefficient (Wildman–Crippen LogP) is 2.90. The molecule has 0 saturated heterocycles. The number of fused-ring (bicyclic) bond motifs is 1. The molecule has 2 heterocycles. The van der Waals surface area contributed by atoms with Crippen LogP contribution in [-0.4, -0.2) is 41.8 Å². The van der Waals surface area contributed by atoms with Crippen molar-refractivity contribution >= 4 is 34.9 Å². The van der Waals surface area contributed by atoms with Crippen molar-refractivity contribution < 1.29 is 18.8 Å². The highest BCUT2D eigenvalue weighted by Gasteiger charge is 2.48. The van der Waals surface area contributed by atoms with Crippen molar-refractivity contribution in [3.05, 3.63) is 63.5 Å². The first kappa shape index (κ1) is 23.8. The Kier molecular flexibility index (Phi) is 6.40. The van der Waals surface area contributed by atoms with Gasteiger partial charge >= 0.3 is 0 Å². The van der Waals surface area contributed by atoms with E-state index in [-0.39, 0.29) is 10.6 Å². The zero-order chi connectivity index (χ0) is 24.6. The highest BCUT2D eigenvalue weighted by Crippen LogP contribution is 2.41. The fraction of sp³-hybridized carbons (Fsp3) is 0.375. The minimum atomic E-state index is -0.699. The largest absolute Gasteiger partial charge is 0.393 e. The van der Waals surface area contributed by atoms with Crippen LogP contribution >= 0.6 is 11.6 Å². The summed E-state index contributed by atoms with van der Waals surface area (Å²) in [7, 11) is 3.53. The summed E-state index contributed by atoms with van der Waals surface area (Å²) in [4.78, 5) is 39.5. The van der Waals surface area contributed by atoms with Gasteiger partial charge in [-0.25, -0.2) is 4.39 Å². The number of hydrogen-bond acceptors (Lipinski definition) is 5. The van der Waals surface area contributed by atoms with Gasteiger partial charge in [0.25, 0.3) is 17.6 Å². The molecule has 4 N–H and O–H groups in total. The van der Waals surface area contributed by atoms with Gasteiger partial charge in [-0.05, 0) is 56.4 Å². The summed E-state index contributed by atoms with van der Waals surface area (Å²) in [6, 6.07) is 3.90. The van der Waals surface area contributed by atoms with Gasteiger partial charge < -0.3 is 25.8 Å². The lowest BCUT2D eigenvalue weighted by Crippen LogP contribution is -2.45. The van der Waals surface area contributed by atoms with Crippen LogP contribution in [0.2, 0.25) is 5.02 Å². The van der Waals surface area contributed by atoms with Crippen LogP contribution in [0.1, 0.15) is 51.4 Å². The number of aromatic nitrogens is 1. The number of amides is 2. The number of hydrogen-bond donors (Lipinski definition) is 4. The molecule has 2 aromatic rings. The number of carbonyl (C=O) groups excluding carboxylic acids is 3. The molecule has 0 bridgehead atoms. The third-order valence-electron chi connectivity index (χ3n) is 6.41. The summed E-state index contributed by atoms with van der Waals surface area (Å²) in [5, 5.41) is 11.5. The average molecular weight is 488 g/mol. The summed E-state index contributed by atoms with van der Waals surface area (Å²) in [5.41, 5.74) is 2.26. The molecule has 34 heavy (non-hydrogen) atoms. The second-order valence-electron chi connectivity index (χ2n) is 8.60. The Morgan fingerprint density at radius 1 is 1.21 bits per heavy atom. The summed E-state index contributed by atoms with van der Waals surface area (Å²) >= 11 is 5.83. The topological polar surface area (TPSA) is 104 Å². The van der Waals surface area contributed by atoms with Gasteiger partial charge in [0, 0.05) is 38.2 Å². The minimum absolute atomic E-state index is 0.107. The first-order valence-electron chi connectivity index (χ1n) is 11.1. The maximum Gasteiger partial charge on any atom is 0.293 e. The quantitative estimate of drug-likeness (QED) is 0.338. The lowest BCUT2D eigenvalue weighted by atomic mass is 10.0. The van der Waals surface area contributed by atoms with Crippen molar-refractivity contribution in [2.45, 2.75) is 44.7 Å². The lowest BCUT2D eigenvalue weighted by Gasteiger charge is -2.20. The Morgan fingerprint density at radius 3 is 2.56 bits per heavy atom. The first-order valence-corrected chi connectivity index (χ1v) is 11.5. The Balaban J connectivity index is 1.61. The summed E-state index contributed by atoms with van der Waals surface area (Å²) in [6.07, 6.45) is 4.57. The third-order valence-corrected chi connectivity index (χ3v) is 6.70. The fourth-order valence-corrected chi connectivity index (χ4v) is 4.83. The van der Waals surface area contributed by atoms with Crippen LogP contribution in [0.15, 0.2) is 30.1 Å². The van der Waals surface area contributed by atoms with Gasteiger partial charge in [-0.15, -0.1) is 0 Å². The molecule has 2 aliphatic rings. The maximum atomic E-state index is 13.5. The van der Waals surface area contributed by atoms with Crippen molar-refractivity contribution in [3.63, 3.8) is 0 Å². The second kappa shape index (κ2) is 9.13. The monoisotopic (exact) mass is 487 g/mol. The molecule has 2 amide bonds. The van der Waals surface area contributed by atoms with Crippen molar-refractivity contribution in [3.8, 4) is 0 Å². The van der Waals surface area contributed by atoms with Gasteiger partial charge in [-0.3, -0.25) is 14.4 Å². The standard InChI is InChI=1S/C24H27ClFN5O3/c1-13-19(21(32)23(34)30-24(8-9-24)18(28-3)12-27-2)17-5-4-10-31(17)20(13)22(33)29-14-6-7-16(26)15(25)11-14/h6-7,11-12,27-28H,4-5,8-10H2,1-3H3,(H,29,33)(H,30,34)/b18-12-. The van der Waals surface area contributed by atoms with Gasteiger partial charge in [0.15, 0.2) is 0 Å². The fourth-order valence-electron chi connectivity index (χ4n) is 4.65. The normalized spacial score (nSPS) is 16.0. The summed E-state index contributed by atoms with van der Waals surface area (Å²) in [5.74, 6) is -2.39. The Morgan fingerprint density at radius 2 is 1.94 bits per heavy atom. The van der Waals surface area contributed by atoms with E-state index in [1.54, 1.807) is 31.8 Å². The molecule has 1 aliphatic carbocycles. The number of likely N-dealkylation sites (N-methyl/N-ethyl adjacent to an activating group) is 1. The first-order chi connectivity index (χ1) is 16.2. The minimum Gasteiger partial charge on any atom is -0.393 e. The zero-order valence-corrected chi connectivity index (χ0v) is 20.0. The molecular weight excluding hydrogens is 461 g/mol. The molecular formula is C24H27ClFN5O3. The number of anilines is 1. The van der Waals surface area contributed by atoms with Crippen molar-refractivity contribution in [1.82, 2.24) is 20.5 Å². The second-order valence-corrected chi connectivity index (χ2v) is 9.00. The van der Waals surface area contributed by atoms with E-state index in [9.17, 15) is 18.8 Å². The van der Waals surface area contributed by atoms with Gasteiger partial charge in [-0.2, -0.15) is 0 Å². The highest BCUT2D eigenvalue weighted by atomic mass is 35.5. The van der Waals surface area contributed by atoms with E-state index >= 15 is 0 Å². The van der Waals surface area contributed by atoms with E-state index in [1.165, 1.54) is 18.2 Å². The molecule has 180 valence electrons. The van der Waals surface area contributed by atoms with E-state index in [4.69, 9.17) is 11.6 Å². The van der Waals surface area contributed by atoms with Gasteiger partial charge in [0.2, 0.25) is 0 Å². The molecule has 0 spiro atoms. The van der Waals surface area contributed by atoms with Crippen LogP contribution in [0.25, 0.3) is 0 Å². The number of carbonyl (C=O) groups is 3. The number of nitrogens with one attached hydrogen (secondary N) is 4. The van der Waals surface area contributed by atoms with Crippen molar-refractivity contribution in [1.29, 1.82) is 0 Å². The predicted molar refractivity (Wildman–Crippen MR) is 127 cm³/mol. The van der Waals surface area contributed by atoms with Crippen LogP contribution in [0.4, 0.5) is 10.1 Å². The van der Waals surface area contributed by atoms with Gasteiger partial charge in [0.1, 0.15) is 11.5 Å². The van der Waals surface area contributed by atoms with E-state index in [0.29, 0.717) is 35.6 Å². The Hall–Kier alpha value is -3.33. The number of halogens is 2. The number of nitrogens with zero attached hydrogens (tertiary/aromatic N) is 1. The molecule has 1 aliphatic heterocycles. The number of rotatable bonds is 8. The SMILES string of the molecule is CN/C=C(\NC)C1(NC(=O)C(=O)c2c(C)c(C(=O)Nc3ccc(F)c(Cl)c3)n3c2CCC3)CC1. The molecule has 0 radical (unpaired) electrons. The number of ketones is 1. The molecule has 4 rings (SSSR count). The Labute approximate surface area is 201 Å². The molecule has 1 saturated carbocycles. The average Bonchev–Trinajstić information content (AvgIpc) is 3.32. The molecule has 1 aromatic carbocycles. The molecule has 1 fully saturated rings. The highest BCUT2D eigenvalue weighted by molar-refractivity contribution is 6.44. The molecule has 8 nitrogen and oxygen atoms in total. The smallest absolute Gasteiger partial charge is 0.293 e. The summed E-state index contributed by atoms with van der Waals surface area (Å²) in [6.45, 7) is 2.24. The number of Topliss-reactive ketones (excluding diaryl/α,β-unsaturated/α-hetero) is 1. The zero-order valence-electron chi connectivity index (χ0n) is 19.3. The van der Waals surface area contributed by atoms with Crippen LogP contribution in [0, 0.1) is 12.7 Å². The molecule has 10 heteroatoms. The van der Waals surface area contributed by atoms with E-state index < -0.39 is 29.0 Å². The number of benzene rings is 1. The molecule has 0 unspecified atom stereocenters. The van der Waals surface area contributed by atoms with E-state index in [2.05, 4.69) is 21.3 Å². The van der Waals surface area contributed by atoms with Gasteiger partial charge in [0.05, 0.1) is 21.8 Å². The van der Waals surface area contributed by atoms with Crippen molar-refractivity contribution in [2.75, 3.05) is 19.4 Å². The van der Waals surface area contributed by atoms with E-state index in [1.807, 2.05) is 0 Å². The van der Waals surface area contributed by atoms with Crippen LogP contribution in [0.5, 0.6) is 0 Å². The molecule has 0 atom stereocenters. The van der Waals surface area contributed by atoms with Crippen LogP contribution < -0.4 is 21.3 Å². The summed E-state index contributed by atoms with van der Waals surface area (Å²) < 4.78 is 15.3. The Bertz CT molecular complexity index is 1220. The van der Waals surface area contributed by atoms with Crippen molar-refractivity contribution in [2.24, 2.45) is 0 Å². The van der Waals surface area contributed by atoms with E-state index in [0.717, 1.165) is 25.0 Å². The van der Waals surface area contributed by atoms with Crippen LogP contribution in [-0.2, 0) is 17.8 Å². The molecule has 1 aromatic heterocycles. The van der Waals surface area contributed by atoms with Gasteiger partial charge in [-0.1, -0.05) is 11.6 Å².